The van der Waals surface area contributed by atoms with Gasteiger partial charge in [-0.15, -0.1) is 0 Å². The normalized spacial score (nSPS) is 11.8. The lowest BCUT2D eigenvalue weighted by Gasteiger charge is -2.29. The van der Waals surface area contributed by atoms with E-state index in [9.17, 15) is 0 Å². The van der Waals surface area contributed by atoms with E-state index in [0.29, 0.717) is 0 Å². The molecule has 0 saturated carbocycles. The van der Waals surface area contributed by atoms with Crippen LogP contribution in [0.5, 0.6) is 0 Å². The molecular weight excluding hydrogens is 645 g/mol. The molecule has 0 fully saturated rings. The SMILES string of the molecule is c1ccc(N(c2ccc(-n3c4ccccc4c4ccccc43)cc2)c2cccc3ccccc23)c(-c2ccc3oc4c5ccccc5ccc4c3c2)c1. The predicted octanol–water partition coefficient (Wildman–Crippen LogP) is 14.1. The Morgan fingerprint density at radius 2 is 1.00 bits per heavy atom. The summed E-state index contributed by atoms with van der Waals surface area (Å²) in [5.74, 6) is 0. The number of furan rings is 1. The number of hydrogen-bond acceptors (Lipinski definition) is 2. The van der Waals surface area contributed by atoms with E-state index in [0.717, 1.165) is 61.2 Å². The van der Waals surface area contributed by atoms with Gasteiger partial charge in [-0.1, -0.05) is 127 Å². The first-order valence-corrected chi connectivity index (χ1v) is 18.1. The summed E-state index contributed by atoms with van der Waals surface area (Å²) < 4.78 is 8.88. The highest BCUT2D eigenvalue weighted by Gasteiger charge is 2.21. The number of aromatic nitrogens is 1. The lowest BCUT2D eigenvalue weighted by molar-refractivity contribution is 0.672. The minimum atomic E-state index is 0.893. The summed E-state index contributed by atoms with van der Waals surface area (Å²) >= 11 is 0. The van der Waals surface area contributed by atoms with Gasteiger partial charge in [-0.05, 0) is 83.1 Å². The maximum atomic E-state index is 6.50. The van der Waals surface area contributed by atoms with Crippen LogP contribution >= 0.6 is 0 Å². The Hall–Kier alpha value is -7.10. The van der Waals surface area contributed by atoms with Gasteiger partial charge in [0.25, 0.3) is 0 Å². The molecule has 248 valence electrons. The molecule has 2 aromatic heterocycles. The summed E-state index contributed by atoms with van der Waals surface area (Å²) in [6.07, 6.45) is 0. The largest absolute Gasteiger partial charge is 0.455 e. The van der Waals surface area contributed by atoms with Crippen molar-refractivity contribution in [2.75, 3.05) is 4.90 Å². The second-order valence-electron chi connectivity index (χ2n) is 13.7. The van der Waals surface area contributed by atoms with Crippen LogP contribution in [0.4, 0.5) is 17.1 Å². The van der Waals surface area contributed by atoms with Crippen LogP contribution < -0.4 is 4.90 Å². The zero-order valence-electron chi connectivity index (χ0n) is 28.8. The van der Waals surface area contributed by atoms with E-state index in [1.807, 2.05) is 0 Å². The van der Waals surface area contributed by atoms with Gasteiger partial charge in [-0.3, -0.25) is 0 Å². The fourth-order valence-corrected chi connectivity index (χ4v) is 8.35. The summed E-state index contributed by atoms with van der Waals surface area (Å²) in [5.41, 5.74) is 10.9. The van der Waals surface area contributed by atoms with E-state index in [-0.39, 0.29) is 0 Å². The van der Waals surface area contributed by atoms with Gasteiger partial charge in [-0.25, -0.2) is 0 Å². The Balaban J connectivity index is 1.11. The van der Waals surface area contributed by atoms with Gasteiger partial charge in [0.15, 0.2) is 0 Å². The highest BCUT2D eigenvalue weighted by molar-refractivity contribution is 6.16. The molecule has 2 heterocycles. The van der Waals surface area contributed by atoms with Crippen molar-refractivity contribution in [3.8, 4) is 16.8 Å². The summed E-state index contributed by atoms with van der Waals surface area (Å²) in [4.78, 5) is 2.42. The van der Waals surface area contributed by atoms with Gasteiger partial charge in [0.05, 0.1) is 22.4 Å². The first-order chi connectivity index (χ1) is 26.3. The smallest absolute Gasteiger partial charge is 0.143 e. The van der Waals surface area contributed by atoms with Crippen LogP contribution in [0.2, 0.25) is 0 Å². The molecule has 0 bridgehead atoms. The van der Waals surface area contributed by atoms with Gasteiger partial charge in [0.1, 0.15) is 11.2 Å². The molecule has 11 rings (SSSR count). The highest BCUT2D eigenvalue weighted by Crippen LogP contribution is 2.45. The van der Waals surface area contributed by atoms with Crippen molar-refractivity contribution in [3.63, 3.8) is 0 Å². The van der Waals surface area contributed by atoms with E-state index in [2.05, 4.69) is 204 Å². The molecule has 0 radical (unpaired) electrons. The Bertz CT molecular complexity index is 3130. The molecule has 11 aromatic rings. The molecule has 53 heavy (non-hydrogen) atoms. The summed E-state index contributed by atoms with van der Waals surface area (Å²) in [6.45, 7) is 0. The number of nitrogens with zero attached hydrogens (tertiary/aromatic N) is 2. The molecule has 3 nitrogen and oxygen atoms in total. The average molecular weight is 677 g/mol. The van der Waals surface area contributed by atoms with Crippen molar-refractivity contribution in [2.24, 2.45) is 0 Å². The van der Waals surface area contributed by atoms with Crippen LogP contribution in [-0.2, 0) is 0 Å². The van der Waals surface area contributed by atoms with Crippen LogP contribution in [0.15, 0.2) is 199 Å². The first kappa shape index (κ1) is 29.6. The van der Waals surface area contributed by atoms with E-state index in [4.69, 9.17) is 4.42 Å². The summed E-state index contributed by atoms with van der Waals surface area (Å²) in [5, 5.41) is 9.47. The Kier molecular flexibility index (Phi) is 6.55. The number of rotatable bonds is 5. The lowest BCUT2D eigenvalue weighted by atomic mass is 9.98. The molecule has 0 aliphatic rings. The molecule has 0 N–H and O–H groups in total. The van der Waals surface area contributed by atoms with E-state index < -0.39 is 0 Å². The molecule has 0 saturated heterocycles. The van der Waals surface area contributed by atoms with Crippen LogP contribution in [0.1, 0.15) is 0 Å². The second kappa shape index (κ2) is 11.7. The molecule has 0 aliphatic heterocycles. The van der Waals surface area contributed by atoms with E-state index in [1.165, 1.54) is 38.0 Å². The number of para-hydroxylation sites is 3. The number of benzene rings is 9. The maximum Gasteiger partial charge on any atom is 0.143 e. The van der Waals surface area contributed by atoms with Gasteiger partial charge in [-0.2, -0.15) is 0 Å². The van der Waals surface area contributed by atoms with Gasteiger partial charge < -0.3 is 13.9 Å². The third-order valence-electron chi connectivity index (χ3n) is 10.8. The molecule has 9 aromatic carbocycles. The Morgan fingerprint density at radius 3 is 1.77 bits per heavy atom. The molecule has 0 unspecified atom stereocenters. The van der Waals surface area contributed by atoms with Gasteiger partial charge in [0.2, 0.25) is 0 Å². The lowest BCUT2D eigenvalue weighted by Crippen LogP contribution is -2.12. The number of fused-ring (bicyclic) bond motifs is 9. The van der Waals surface area contributed by atoms with Crippen molar-refractivity contribution >= 4 is 82.4 Å². The third kappa shape index (κ3) is 4.61. The average Bonchev–Trinajstić information content (AvgIpc) is 3.77. The first-order valence-electron chi connectivity index (χ1n) is 18.1. The highest BCUT2D eigenvalue weighted by atomic mass is 16.3. The fraction of sp³-hybridized carbons (Fsp3) is 0. The quantitative estimate of drug-likeness (QED) is 0.181. The van der Waals surface area contributed by atoms with Gasteiger partial charge >= 0.3 is 0 Å². The Labute approximate surface area is 306 Å². The van der Waals surface area contributed by atoms with E-state index >= 15 is 0 Å². The van der Waals surface area contributed by atoms with Crippen molar-refractivity contribution < 1.29 is 4.42 Å². The minimum Gasteiger partial charge on any atom is -0.455 e. The van der Waals surface area contributed by atoms with Crippen LogP contribution in [-0.4, -0.2) is 4.57 Å². The fourth-order valence-electron chi connectivity index (χ4n) is 8.35. The predicted molar refractivity (Wildman–Crippen MR) is 223 cm³/mol. The monoisotopic (exact) mass is 676 g/mol. The van der Waals surface area contributed by atoms with Gasteiger partial charge in [0, 0.05) is 49.3 Å². The van der Waals surface area contributed by atoms with Crippen molar-refractivity contribution in [1.29, 1.82) is 0 Å². The summed E-state index contributed by atoms with van der Waals surface area (Å²) in [6, 6.07) is 69.8. The molecule has 0 aliphatic carbocycles. The standard InChI is InChI=1S/C50H32N2O/c1-3-15-38-33(12-1)14-11-23-46(38)51(36-26-28-37(29-27-36)52-47-21-9-6-18-41(47)42-19-7-10-22-48(42)52)45-20-8-5-16-39(45)35-25-31-49-44(32-35)43-30-24-34-13-2-4-17-40(34)50(43)53-49/h1-32H. The molecular formula is C50H32N2O. The van der Waals surface area contributed by atoms with E-state index in [1.54, 1.807) is 0 Å². The Morgan fingerprint density at radius 1 is 0.396 bits per heavy atom. The van der Waals surface area contributed by atoms with Crippen LogP contribution in [0, 0.1) is 0 Å². The van der Waals surface area contributed by atoms with Crippen LogP contribution in [0.3, 0.4) is 0 Å². The molecule has 0 amide bonds. The number of anilines is 3. The van der Waals surface area contributed by atoms with Crippen molar-refractivity contribution in [1.82, 2.24) is 4.57 Å². The summed E-state index contributed by atoms with van der Waals surface area (Å²) in [7, 11) is 0. The number of hydrogen-bond donors (Lipinski definition) is 0. The third-order valence-corrected chi connectivity index (χ3v) is 10.8. The van der Waals surface area contributed by atoms with Crippen molar-refractivity contribution in [2.45, 2.75) is 0 Å². The topological polar surface area (TPSA) is 21.3 Å². The minimum absolute atomic E-state index is 0.893. The molecule has 0 atom stereocenters. The zero-order chi connectivity index (χ0) is 34.9. The molecule has 3 heteroatoms. The molecule has 0 spiro atoms. The maximum absolute atomic E-state index is 6.50. The zero-order valence-corrected chi connectivity index (χ0v) is 28.8. The van der Waals surface area contributed by atoms with Crippen molar-refractivity contribution in [3.05, 3.63) is 194 Å². The van der Waals surface area contributed by atoms with Crippen LogP contribution in [0.25, 0.3) is 82.1 Å². The second-order valence-corrected chi connectivity index (χ2v) is 13.7.